The summed E-state index contributed by atoms with van der Waals surface area (Å²) >= 11 is 0. The van der Waals surface area contributed by atoms with E-state index in [1.165, 1.54) is 0 Å². The van der Waals surface area contributed by atoms with Gasteiger partial charge in [0, 0.05) is 36.4 Å². The highest BCUT2D eigenvalue weighted by Gasteiger charge is 2.18. The zero-order valence-electron chi connectivity index (χ0n) is 16.0. The van der Waals surface area contributed by atoms with Gasteiger partial charge in [0.25, 0.3) is 5.56 Å². The van der Waals surface area contributed by atoms with E-state index in [1.54, 1.807) is 17.3 Å². The molecule has 140 valence electrons. The number of aromatic amines is 1. The Labute approximate surface area is 159 Å². The van der Waals surface area contributed by atoms with Gasteiger partial charge in [0.2, 0.25) is 5.91 Å². The lowest BCUT2D eigenvalue weighted by molar-refractivity contribution is -0.133. The number of benzene rings is 1. The smallest absolute Gasteiger partial charge is 0.253 e. The summed E-state index contributed by atoms with van der Waals surface area (Å²) < 4.78 is 0. The molecule has 0 atom stereocenters. The minimum atomic E-state index is -0.151. The van der Waals surface area contributed by atoms with Gasteiger partial charge in [0.05, 0.1) is 6.54 Å². The first-order chi connectivity index (χ1) is 12.9. The van der Waals surface area contributed by atoms with Crippen LogP contribution in [0.5, 0.6) is 0 Å². The summed E-state index contributed by atoms with van der Waals surface area (Å²) in [7, 11) is 0. The van der Waals surface area contributed by atoms with Crippen LogP contribution in [0.2, 0.25) is 0 Å². The molecule has 3 rings (SSSR count). The Morgan fingerprint density at radius 2 is 2.00 bits per heavy atom. The fourth-order valence-corrected chi connectivity index (χ4v) is 3.11. The van der Waals surface area contributed by atoms with Gasteiger partial charge in [-0.1, -0.05) is 32.0 Å². The first-order valence-electron chi connectivity index (χ1n) is 9.21. The number of amides is 1. The quantitative estimate of drug-likeness (QED) is 0.724. The van der Waals surface area contributed by atoms with Crippen molar-refractivity contribution in [2.45, 2.75) is 40.3 Å². The van der Waals surface area contributed by atoms with E-state index in [4.69, 9.17) is 0 Å². The number of pyridine rings is 2. The van der Waals surface area contributed by atoms with Crippen LogP contribution in [-0.2, 0) is 17.9 Å². The van der Waals surface area contributed by atoms with Gasteiger partial charge in [-0.15, -0.1) is 0 Å². The molecule has 0 radical (unpaired) electrons. The number of H-pyrrole nitrogens is 1. The highest BCUT2D eigenvalue weighted by Crippen LogP contribution is 2.16. The van der Waals surface area contributed by atoms with Gasteiger partial charge in [0.15, 0.2) is 0 Å². The molecule has 1 amide bonds. The van der Waals surface area contributed by atoms with Gasteiger partial charge in [0.1, 0.15) is 0 Å². The second kappa shape index (κ2) is 8.16. The van der Waals surface area contributed by atoms with Gasteiger partial charge in [-0.05, 0) is 47.6 Å². The lowest BCUT2D eigenvalue weighted by Crippen LogP contribution is -2.33. The van der Waals surface area contributed by atoms with Crippen molar-refractivity contribution in [3.8, 4) is 0 Å². The second-order valence-corrected chi connectivity index (χ2v) is 7.42. The molecular formula is C22H25N3O2. The third-order valence-corrected chi connectivity index (χ3v) is 4.47. The Morgan fingerprint density at radius 3 is 2.70 bits per heavy atom. The summed E-state index contributed by atoms with van der Waals surface area (Å²) in [6, 6.07) is 11.6. The molecule has 2 heterocycles. The first-order valence-corrected chi connectivity index (χ1v) is 9.21. The predicted molar refractivity (Wildman–Crippen MR) is 107 cm³/mol. The minimum Gasteiger partial charge on any atom is -0.334 e. The molecule has 0 fully saturated rings. The largest absolute Gasteiger partial charge is 0.334 e. The van der Waals surface area contributed by atoms with Crippen molar-refractivity contribution in [1.29, 1.82) is 0 Å². The van der Waals surface area contributed by atoms with Crippen molar-refractivity contribution in [2.75, 3.05) is 0 Å². The zero-order chi connectivity index (χ0) is 19.4. The van der Waals surface area contributed by atoms with Crippen molar-refractivity contribution in [3.05, 3.63) is 75.8 Å². The second-order valence-electron chi connectivity index (χ2n) is 7.42. The van der Waals surface area contributed by atoms with E-state index in [-0.39, 0.29) is 23.9 Å². The van der Waals surface area contributed by atoms with Gasteiger partial charge in [-0.2, -0.15) is 0 Å². The number of hydrogen-bond donors (Lipinski definition) is 1. The number of fused-ring (bicyclic) bond motifs is 1. The van der Waals surface area contributed by atoms with Crippen molar-refractivity contribution in [2.24, 2.45) is 5.92 Å². The van der Waals surface area contributed by atoms with Crippen LogP contribution in [0.15, 0.2) is 53.6 Å². The summed E-state index contributed by atoms with van der Waals surface area (Å²) in [5, 5.41) is 0.966. The Kier molecular flexibility index (Phi) is 5.69. The molecule has 0 aliphatic carbocycles. The van der Waals surface area contributed by atoms with Crippen LogP contribution in [0.3, 0.4) is 0 Å². The van der Waals surface area contributed by atoms with Crippen LogP contribution in [0.25, 0.3) is 10.9 Å². The van der Waals surface area contributed by atoms with E-state index in [0.29, 0.717) is 18.5 Å². The van der Waals surface area contributed by atoms with Gasteiger partial charge >= 0.3 is 0 Å². The standard InChI is InChI=1S/C22H25N3O2/c1-15(2)9-21(26)25(13-17-5-4-8-23-12-17)14-19-11-18-7-6-16(3)10-20(18)24-22(19)27/h4-8,10-12,15H,9,13-14H2,1-3H3,(H,24,27). The Bertz CT molecular complexity index is 993. The molecule has 1 N–H and O–H groups in total. The van der Waals surface area contributed by atoms with Gasteiger partial charge < -0.3 is 9.88 Å². The van der Waals surface area contributed by atoms with Crippen molar-refractivity contribution in [1.82, 2.24) is 14.9 Å². The molecule has 0 spiro atoms. The normalized spacial score (nSPS) is 11.1. The topological polar surface area (TPSA) is 66.1 Å². The SMILES string of the molecule is Cc1ccc2cc(CN(Cc3cccnc3)C(=O)CC(C)C)c(=O)[nH]c2c1. The molecule has 0 bridgehead atoms. The number of nitrogens with one attached hydrogen (secondary N) is 1. The minimum absolute atomic E-state index is 0.0391. The fraction of sp³-hybridized carbons (Fsp3) is 0.318. The average molecular weight is 363 g/mol. The molecule has 0 saturated heterocycles. The van der Waals surface area contributed by atoms with Crippen LogP contribution in [0.1, 0.15) is 37.0 Å². The number of carbonyl (C=O) groups is 1. The van der Waals surface area contributed by atoms with Crippen LogP contribution in [0.4, 0.5) is 0 Å². The Morgan fingerprint density at radius 1 is 1.19 bits per heavy atom. The molecular weight excluding hydrogens is 338 g/mol. The monoisotopic (exact) mass is 363 g/mol. The van der Waals surface area contributed by atoms with Crippen LogP contribution in [0, 0.1) is 12.8 Å². The van der Waals surface area contributed by atoms with Gasteiger partial charge in [-0.3, -0.25) is 14.6 Å². The maximum atomic E-state index is 12.8. The van der Waals surface area contributed by atoms with Crippen LogP contribution >= 0.6 is 0 Å². The molecule has 0 aliphatic rings. The number of rotatable bonds is 6. The number of aryl methyl sites for hydroxylation is 1. The van der Waals surface area contributed by atoms with E-state index in [9.17, 15) is 9.59 Å². The average Bonchev–Trinajstić information content (AvgIpc) is 2.62. The fourth-order valence-electron chi connectivity index (χ4n) is 3.11. The lowest BCUT2D eigenvalue weighted by atomic mass is 10.1. The van der Waals surface area contributed by atoms with Gasteiger partial charge in [-0.25, -0.2) is 0 Å². The maximum Gasteiger partial charge on any atom is 0.253 e. The molecule has 3 aromatic rings. The number of hydrogen-bond acceptors (Lipinski definition) is 3. The molecule has 1 aromatic carbocycles. The molecule has 27 heavy (non-hydrogen) atoms. The summed E-state index contributed by atoms with van der Waals surface area (Å²) in [5.74, 6) is 0.295. The number of aromatic nitrogens is 2. The molecule has 0 saturated carbocycles. The Balaban J connectivity index is 1.92. The maximum absolute atomic E-state index is 12.8. The summed E-state index contributed by atoms with van der Waals surface area (Å²) in [6.45, 7) is 6.74. The molecule has 2 aromatic heterocycles. The summed E-state index contributed by atoms with van der Waals surface area (Å²) in [6.07, 6.45) is 3.91. The highest BCUT2D eigenvalue weighted by atomic mass is 16.2. The van der Waals surface area contributed by atoms with E-state index in [0.717, 1.165) is 22.0 Å². The highest BCUT2D eigenvalue weighted by molar-refractivity contribution is 5.80. The summed E-state index contributed by atoms with van der Waals surface area (Å²) in [5.41, 5.74) is 3.30. The predicted octanol–water partition coefficient (Wildman–Crippen LogP) is 3.81. The molecule has 5 nitrogen and oxygen atoms in total. The van der Waals surface area contributed by atoms with E-state index < -0.39 is 0 Å². The summed E-state index contributed by atoms with van der Waals surface area (Å²) in [4.78, 5) is 34.2. The zero-order valence-corrected chi connectivity index (χ0v) is 16.0. The first kappa shape index (κ1) is 18.8. The van der Waals surface area contributed by atoms with Crippen LogP contribution in [-0.4, -0.2) is 20.8 Å². The van der Waals surface area contributed by atoms with E-state index in [1.807, 2.05) is 57.2 Å². The van der Waals surface area contributed by atoms with Crippen molar-refractivity contribution in [3.63, 3.8) is 0 Å². The van der Waals surface area contributed by atoms with E-state index in [2.05, 4.69) is 9.97 Å². The lowest BCUT2D eigenvalue weighted by Gasteiger charge is -2.23. The third kappa shape index (κ3) is 4.82. The molecule has 0 aliphatic heterocycles. The number of carbonyl (C=O) groups excluding carboxylic acids is 1. The number of nitrogens with zero attached hydrogens (tertiary/aromatic N) is 2. The van der Waals surface area contributed by atoms with Crippen molar-refractivity contribution >= 4 is 16.8 Å². The van der Waals surface area contributed by atoms with Crippen molar-refractivity contribution < 1.29 is 4.79 Å². The Hall–Kier alpha value is -2.95. The molecule has 0 unspecified atom stereocenters. The van der Waals surface area contributed by atoms with E-state index >= 15 is 0 Å². The van der Waals surface area contributed by atoms with Crippen LogP contribution < -0.4 is 5.56 Å². The third-order valence-electron chi connectivity index (χ3n) is 4.47. The molecule has 5 heteroatoms.